The standard InChI is InChI=1S/C5H7FO/c1-5(7)3-2-4-6/h2-3H,4H2,1H3/b3-2+. The van der Waals surface area contributed by atoms with Crippen molar-refractivity contribution in [3.05, 3.63) is 12.2 Å². The van der Waals surface area contributed by atoms with Gasteiger partial charge in [-0.25, -0.2) is 4.39 Å². The van der Waals surface area contributed by atoms with Gasteiger partial charge in [-0.3, -0.25) is 4.79 Å². The second kappa shape index (κ2) is 3.53. The Bertz CT molecular complexity index is 86.1. The molecule has 0 spiro atoms. The Morgan fingerprint density at radius 2 is 2.43 bits per heavy atom. The normalized spacial score (nSPS) is 10.0. The average molecular weight is 102 g/mol. The average Bonchev–Trinajstić information content (AvgIpc) is 1.61. The summed E-state index contributed by atoms with van der Waals surface area (Å²) in [4.78, 5) is 9.95. The van der Waals surface area contributed by atoms with Gasteiger partial charge >= 0.3 is 0 Å². The lowest BCUT2D eigenvalue weighted by Gasteiger charge is -1.72. The molecule has 40 valence electrons. The van der Waals surface area contributed by atoms with Gasteiger partial charge in [-0.2, -0.15) is 0 Å². The number of hydrogen-bond acceptors (Lipinski definition) is 1. The van der Waals surface area contributed by atoms with Gasteiger partial charge in [0.2, 0.25) is 0 Å². The maximum absolute atomic E-state index is 11.1. The third kappa shape index (κ3) is 5.34. The van der Waals surface area contributed by atoms with E-state index in [1.54, 1.807) is 0 Å². The molecule has 1 nitrogen and oxygen atoms in total. The highest BCUT2D eigenvalue weighted by molar-refractivity contribution is 5.87. The van der Waals surface area contributed by atoms with E-state index in [1.165, 1.54) is 19.1 Å². The molecule has 0 unspecified atom stereocenters. The second-order valence-corrected chi connectivity index (χ2v) is 1.17. The fraction of sp³-hybridized carbons (Fsp3) is 0.400. The van der Waals surface area contributed by atoms with E-state index in [-0.39, 0.29) is 5.78 Å². The third-order valence-corrected chi connectivity index (χ3v) is 0.442. The monoisotopic (exact) mass is 102 g/mol. The van der Waals surface area contributed by atoms with Crippen LogP contribution in [0.2, 0.25) is 0 Å². The summed E-state index contributed by atoms with van der Waals surface area (Å²) in [7, 11) is 0. The first-order chi connectivity index (χ1) is 3.27. The first kappa shape index (κ1) is 6.34. The van der Waals surface area contributed by atoms with E-state index >= 15 is 0 Å². The molecule has 0 aliphatic heterocycles. The van der Waals surface area contributed by atoms with Crippen molar-refractivity contribution in [1.29, 1.82) is 0 Å². The zero-order valence-corrected chi connectivity index (χ0v) is 4.15. The highest BCUT2D eigenvalue weighted by Gasteiger charge is 1.76. The molecule has 0 bridgehead atoms. The Labute approximate surface area is 41.8 Å². The Hall–Kier alpha value is -0.660. The van der Waals surface area contributed by atoms with Gasteiger partial charge in [-0.05, 0) is 13.0 Å². The van der Waals surface area contributed by atoms with Crippen LogP contribution in [0.25, 0.3) is 0 Å². The lowest BCUT2D eigenvalue weighted by molar-refractivity contribution is -0.112. The van der Waals surface area contributed by atoms with Crippen molar-refractivity contribution in [2.75, 3.05) is 6.67 Å². The van der Waals surface area contributed by atoms with E-state index in [9.17, 15) is 9.18 Å². The lowest BCUT2D eigenvalue weighted by Crippen LogP contribution is -1.78. The minimum Gasteiger partial charge on any atom is -0.295 e. The summed E-state index contributed by atoms with van der Waals surface area (Å²) < 4.78 is 11.1. The van der Waals surface area contributed by atoms with Gasteiger partial charge in [0.25, 0.3) is 0 Å². The highest BCUT2D eigenvalue weighted by atomic mass is 19.1. The number of allylic oxidation sites excluding steroid dienone is 2. The minimum atomic E-state index is -0.556. The summed E-state index contributed by atoms with van der Waals surface area (Å²) in [5, 5.41) is 0. The van der Waals surface area contributed by atoms with E-state index in [2.05, 4.69) is 0 Å². The van der Waals surface area contributed by atoms with Gasteiger partial charge in [-0.1, -0.05) is 6.08 Å². The SMILES string of the molecule is CC(=O)/C=C/CF. The molecule has 0 fully saturated rings. The third-order valence-electron chi connectivity index (χ3n) is 0.442. The Morgan fingerprint density at radius 1 is 1.86 bits per heavy atom. The molecular formula is C5H7FO. The molecule has 0 N–H and O–H groups in total. The molecule has 0 aromatic rings. The molecule has 0 aromatic heterocycles. The number of carbonyl (C=O) groups excluding carboxylic acids is 1. The minimum absolute atomic E-state index is 0.113. The fourth-order valence-corrected chi connectivity index (χ4v) is 0.211. The van der Waals surface area contributed by atoms with Crippen LogP contribution in [0.15, 0.2) is 12.2 Å². The summed E-state index contributed by atoms with van der Waals surface area (Å²) in [6, 6.07) is 0. The van der Waals surface area contributed by atoms with Gasteiger partial charge in [0.05, 0.1) is 0 Å². The zero-order chi connectivity index (χ0) is 5.70. The lowest BCUT2D eigenvalue weighted by atomic mass is 10.4. The molecule has 0 aliphatic rings. The van der Waals surface area contributed by atoms with E-state index in [4.69, 9.17) is 0 Å². The van der Waals surface area contributed by atoms with Gasteiger partial charge in [0, 0.05) is 0 Å². The molecule has 2 heteroatoms. The fourth-order valence-electron chi connectivity index (χ4n) is 0.211. The van der Waals surface area contributed by atoms with Crippen molar-refractivity contribution in [3.63, 3.8) is 0 Å². The first-order valence-electron chi connectivity index (χ1n) is 2.00. The molecule has 0 rings (SSSR count). The molecule has 0 aliphatic carbocycles. The Kier molecular flexibility index (Phi) is 3.19. The molecule has 7 heavy (non-hydrogen) atoms. The number of alkyl halides is 1. The molecule has 0 saturated heterocycles. The molecular weight excluding hydrogens is 95.1 g/mol. The van der Waals surface area contributed by atoms with Crippen molar-refractivity contribution in [2.45, 2.75) is 6.92 Å². The Balaban J connectivity index is 3.26. The predicted octanol–water partition coefficient (Wildman–Crippen LogP) is 1.10. The Morgan fingerprint density at radius 3 is 2.57 bits per heavy atom. The first-order valence-corrected chi connectivity index (χ1v) is 2.00. The van der Waals surface area contributed by atoms with Crippen LogP contribution in [0.3, 0.4) is 0 Å². The molecule has 0 saturated carbocycles. The van der Waals surface area contributed by atoms with Crippen LogP contribution in [0.5, 0.6) is 0 Å². The number of ketones is 1. The molecule has 0 aromatic carbocycles. The molecule has 0 radical (unpaired) electrons. The zero-order valence-electron chi connectivity index (χ0n) is 4.15. The van der Waals surface area contributed by atoms with E-state index in [1.807, 2.05) is 0 Å². The van der Waals surface area contributed by atoms with Gasteiger partial charge in [-0.15, -0.1) is 0 Å². The predicted molar refractivity (Wildman–Crippen MR) is 25.8 cm³/mol. The number of hydrogen-bond donors (Lipinski definition) is 0. The maximum Gasteiger partial charge on any atom is 0.152 e. The van der Waals surface area contributed by atoms with Gasteiger partial charge in [0.1, 0.15) is 6.67 Å². The molecule has 0 atom stereocenters. The second-order valence-electron chi connectivity index (χ2n) is 1.17. The van der Waals surface area contributed by atoms with Crippen LogP contribution in [0.1, 0.15) is 6.92 Å². The summed E-state index contributed by atoms with van der Waals surface area (Å²) in [6.07, 6.45) is 2.39. The van der Waals surface area contributed by atoms with Crippen molar-refractivity contribution in [3.8, 4) is 0 Å². The highest BCUT2D eigenvalue weighted by Crippen LogP contribution is 1.74. The molecule has 0 amide bonds. The van der Waals surface area contributed by atoms with Crippen molar-refractivity contribution >= 4 is 5.78 Å². The summed E-state index contributed by atoms with van der Waals surface area (Å²) in [6.45, 7) is 0.825. The summed E-state index contributed by atoms with van der Waals surface area (Å²) in [5.41, 5.74) is 0. The van der Waals surface area contributed by atoms with E-state index in [0.29, 0.717) is 0 Å². The van der Waals surface area contributed by atoms with E-state index < -0.39 is 6.67 Å². The number of rotatable bonds is 2. The van der Waals surface area contributed by atoms with Crippen molar-refractivity contribution in [1.82, 2.24) is 0 Å². The van der Waals surface area contributed by atoms with Crippen LogP contribution in [-0.4, -0.2) is 12.5 Å². The smallest absolute Gasteiger partial charge is 0.152 e. The van der Waals surface area contributed by atoms with Gasteiger partial charge < -0.3 is 0 Å². The van der Waals surface area contributed by atoms with Crippen LogP contribution in [0, 0.1) is 0 Å². The quantitative estimate of drug-likeness (QED) is 0.477. The number of carbonyl (C=O) groups is 1. The van der Waals surface area contributed by atoms with Crippen molar-refractivity contribution in [2.24, 2.45) is 0 Å². The van der Waals surface area contributed by atoms with Crippen molar-refractivity contribution < 1.29 is 9.18 Å². The van der Waals surface area contributed by atoms with Crippen LogP contribution in [-0.2, 0) is 4.79 Å². The van der Waals surface area contributed by atoms with Crippen LogP contribution in [0.4, 0.5) is 4.39 Å². The maximum atomic E-state index is 11.1. The van der Waals surface area contributed by atoms with E-state index in [0.717, 1.165) is 0 Å². The van der Waals surface area contributed by atoms with Gasteiger partial charge in [0.15, 0.2) is 5.78 Å². The topological polar surface area (TPSA) is 17.1 Å². The molecule has 0 heterocycles. The summed E-state index contributed by atoms with van der Waals surface area (Å²) in [5.74, 6) is -0.113. The summed E-state index contributed by atoms with van der Waals surface area (Å²) >= 11 is 0. The van der Waals surface area contributed by atoms with Crippen LogP contribution < -0.4 is 0 Å². The number of halogens is 1. The largest absolute Gasteiger partial charge is 0.295 e. The van der Waals surface area contributed by atoms with Crippen LogP contribution >= 0.6 is 0 Å².